The molecule has 4 heterocycles. The number of anilines is 2. The molecule has 0 radical (unpaired) electrons. The van der Waals surface area contributed by atoms with Gasteiger partial charge in [0.05, 0.1) is 54.1 Å². The Morgan fingerprint density at radius 1 is 1.13 bits per heavy atom. The van der Waals surface area contributed by atoms with E-state index in [2.05, 4.69) is 30.4 Å². The van der Waals surface area contributed by atoms with Gasteiger partial charge in [-0.15, -0.1) is 0 Å². The topological polar surface area (TPSA) is 102 Å². The lowest BCUT2D eigenvalue weighted by molar-refractivity contribution is 0.102. The summed E-state index contributed by atoms with van der Waals surface area (Å²) in [6.45, 7) is 3.85. The van der Waals surface area contributed by atoms with Crippen molar-refractivity contribution < 1.29 is 22.4 Å². The average molecular weight is 561 g/mol. The van der Waals surface area contributed by atoms with E-state index in [0.717, 1.165) is 30.1 Å². The minimum atomic E-state index is -3.00. The van der Waals surface area contributed by atoms with Gasteiger partial charge in [-0.05, 0) is 19.9 Å². The van der Waals surface area contributed by atoms with Crippen molar-refractivity contribution in [1.29, 1.82) is 0 Å². The number of hydrogen-bond donors (Lipinski definition) is 1. The van der Waals surface area contributed by atoms with E-state index in [-0.39, 0.29) is 35.5 Å². The normalized spacial score (nSPS) is 15.2. The van der Waals surface area contributed by atoms with E-state index < -0.39 is 34.9 Å². The summed E-state index contributed by atoms with van der Waals surface area (Å²) in [5.74, 6) is -1.35. The van der Waals surface area contributed by atoms with Gasteiger partial charge in [0.15, 0.2) is 5.82 Å². The maximum atomic E-state index is 14.6. The molecular weight excluding hydrogens is 540 g/mol. The minimum absolute atomic E-state index is 0.229. The van der Waals surface area contributed by atoms with E-state index in [1.807, 2.05) is 6.92 Å². The Kier molecular flexibility index (Phi) is 6.93. The van der Waals surface area contributed by atoms with Crippen molar-refractivity contribution in [3.63, 3.8) is 0 Å². The molecule has 5 rings (SSSR count). The molecule has 1 aliphatic rings. The number of carbonyl (C=O) groups excluding carboxylic acids is 1. The van der Waals surface area contributed by atoms with Crippen molar-refractivity contribution in [3.8, 4) is 11.3 Å². The standard InChI is InChI=1S/C25H21ClF4N8O/c1-13(14-5-32-24(33-6-14)37-11-25(2,30)12-37)38-10-15(7-34-38)35-23(39)19-9-31-8-18(36-19)20-16(22(28)29)3-4-17(26)21(20)27/h3-10,13,22H,11-12H2,1-2H3,(H,35,39)/t13-/m0/s1. The number of halogens is 5. The maximum Gasteiger partial charge on any atom is 0.275 e. The molecule has 14 heteroatoms. The lowest BCUT2D eigenvalue weighted by atomic mass is 10.00. The number of nitrogens with zero attached hydrogens (tertiary/aromatic N) is 7. The molecule has 0 aliphatic carbocycles. The fourth-order valence-corrected chi connectivity index (χ4v) is 4.32. The second-order valence-corrected chi connectivity index (χ2v) is 9.75. The van der Waals surface area contributed by atoms with Crippen molar-refractivity contribution in [2.24, 2.45) is 0 Å². The summed E-state index contributed by atoms with van der Waals surface area (Å²) in [5.41, 5.74) is -1.82. The van der Waals surface area contributed by atoms with Gasteiger partial charge in [-0.1, -0.05) is 17.7 Å². The molecule has 1 amide bonds. The van der Waals surface area contributed by atoms with Crippen molar-refractivity contribution in [1.82, 2.24) is 29.7 Å². The van der Waals surface area contributed by atoms with Crippen LogP contribution in [-0.2, 0) is 0 Å². The van der Waals surface area contributed by atoms with Crippen LogP contribution in [0.3, 0.4) is 0 Å². The number of hydrogen-bond acceptors (Lipinski definition) is 7. The first kappa shape index (κ1) is 26.5. The van der Waals surface area contributed by atoms with E-state index in [0.29, 0.717) is 11.6 Å². The Bertz CT molecular complexity index is 1520. The lowest BCUT2D eigenvalue weighted by Gasteiger charge is -2.42. The Hall–Kier alpha value is -4.13. The molecule has 4 aromatic rings. The number of benzene rings is 1. The van der Waals surface area contributed by atoms with Crippen LogP contribution in [0.5, 0.6) is 0 Å². The van der Waals surface area contributed by atoms with Crippen LogP contribution in [0.1, 0.15) is 47.9 Å². The highest BCUT2D eigenvalue weighted by molar-refractivity contribution is 6.31. The molecule has 1 saturated heterocycles. The van der Waals surface area contributed by atoms with Crippen molar-refractivity contribution in [3.05, 3.63) is 77.0 Å². The second-order valence-electron chi connectivity index (χ2n) is 9.34. The molecule has 1 fully saturated rings. The molecule has 39 heavy (non-hydrogen) atoms. The Morgan fingerprint density at radius 3 is 2.51 bits per heavy atom. The van der Waals surface area contributed by atoms with Gasteiger partial charge in [-0.25, -0.2) is 32.5 Å². The molecule has 0 unspecified atom stereocenters. The molecule has 1 aromatic carbocycles. The molecule has 9 nitrogen and oxygen atoms in total. The van der Waals surface area contributed by atoms with Crippen LogP contribution in [-0.4, -0.2) is 54.4 Å². The number of carbonyl (C=O) groups is 1. The Labute approximate surface area is 224 Å². The monoisotopic (exact) mass is 560 g/mol. The van der Waals surface area contributed by atoms with Gasteiger partial charge in [0.1, 0.15) is 11.4 Å². The van der Waals surface area contributed by atoms with Gasteiger partial charge in [0, 0.05) is 35.3 Å². The quantitative estimate of drug-likeness (QED) is 0.307. The fourth-order valence-electron chi connectivity index (χ4n) is 4.17. The molecule has 202 valence electrons. The summed E-state index contributed by atoms with van der Waals surface area (Å²) in [7, 11) is 0. The summed E-state index contributed by atoms with van der Waals surface area (Å²) in [4.78, 5) is 31.1. The second kappa shape index (κ2) is 10.2. The van der Waals surface area contributed by atoms with E-state index in [4.69, 9.17) is 11.6 Å². The van der Waals surface area contributed by atoms with Crippen LogP contribution in [0, 0.1) is 5.82 Å². The third kappa shape index (κ3) is 5.39. The highest BCUT2D eigenvalue weighted by Crippen LogP contribution is 2.35. The average Bonchev–Trinajstić information content (AvgIpc) is 3.36. The maximum absolute atomic E-state index is 14.6. The smallest absolute Gasteiger partial charge is 0.275 e. The first-order chi connectivity index (χ1) is 18.5. The molecule has 3 aromatic heterocycles. The molecule has 1 N–H and O–H groups in total. The lowest BCUT2D eigenvalue weighted by Crippen LogP contribution is -2.57. The molecule has 0 bridgehead atoms. The van der Waals surface area contributed by atoms with Gasteiger partial charge < -0.3 is 10.2 Å². The largest absolute Gasteiger partial charge is 0.334 e. The van der Waals surface area contributed by atoms with Crippen LogP contribution in [0.2, 0.25) is 5.02 Å². The van der Waals surface area contributed by atoms with Crippen LogP contribution in [0.4, 0.5) is 29.2 Å². The molecular formula is C25H21ClF4N8O. The molecule has 0 spiro atoms. The minimum Gasteiger partial charge on any atom is -0.334 e. The van der Waals surface area contributed by atoms with Crippen LogP contribution >= 0.6 is 11.6 Å². The van der Waals surface area contributed by atoms with Gasteiger partial charge in [0.2, 0.25) is 5.95 Å². The predicted octanol–water partition coefficient (Wildman–Crippen LogP) is 5.27. The number of amides is 1. The highest BCUT2D eigenvalue weighted by Gasteiger charge is 2.40. The number of rotatable bonds is 7. The van der Waals surface area contributed by atoms with E-state index in [1.54, 1.807) is 28.2 Å². The van der Waals surface area contributed by atoms with Crippen molar-refractivity contribution in [2.75, 3.05) is 23.3 Å². The molecule has 0 saturated carbocycles. The number of alkyl halides is 3. The fraction of sp³-hybridized carbons (Fsp3) is 0.280. The summed E-state index contributed by atoms with van der Waals surface area (Å²) in [5, 5.41) is 6.51. The zero-order chi connectivity index (χ0) is 27.9. The summed E-state index contributed by atoms with van der Waals surface area (Å²) >= 11 is 5.78. The van der Waals surface area contributed by atoms with Crippen LogP contribution in [0.15, 0.2) is 49.3 Å². The Morgan fingerprint density at radius 2 is 1.85 bits per heavy atom. The zero-order valence-electron chi connectivity index (χ0n) is 20.6. The highest BCUT2D eigenvalue weighted by atomic mass is 35.5. The van der Waals surface area contributed by atoms with Crippen molar-refractivity contribution in [2.45, 2.75) is 32.0 Å². The summed E-state index contributed by atoms with van der Waals surface area (Å²) < 4.78 is 57.0. The van der Waals surface area contributed by atoms with E-state index in [1.165, 1.54) is 13.1 Å². The predicted molar refractivity (Wildman–Crippen MR) is 135 cm³/mol. The van der Waals surface area contributed by atoms with Gasteiger partial charge in [0.25, 0.3) is 12.3 Å². The first-order valence-electron chi connectivity index (χ1n) is 11.7. The zero-order valence-corrected chi connectivity index (χ0v) is 21.4. The molecule has 1 atom stereocenters. The number of aromatic nitrogens is 6. The summed E-state index contributed by atoms with van der Waals surface area (Å²) in [6.07, 6.45) is 5.44. The van der Waals surface area contributed by atoms with Crippen LogP contribution < -0.4 is 10.2 Å². The van der Waals surface area contributed by atoms with E-state index in [9.17, 15) is 22.4 Å². The van der Waals surface area contributed by atoms with Gasteiger partial charge in [-0.2, -0.15) is 5.10 Å². The third-order valence-corrected chi connectivity index (χ3v) is 6.50. The van der Waals surface area contributed by atoms with Gasteiger partial charge in [-0.3, -0.25) is 14.5 Å². The van der Waals surface area contributed by atoms with Crippen LogP contribution in [0.25, 0.3) is 11.3 Å². The Balaban J connectivity index is 1.30. The molecule has 1 aliphatic heterocycles. The SMILES string of the molecule is C[C@@H](c1cnc(N2CC(C)(F)C2)nc1)n1cc(NC(=O)c2cncc(-c3c(C(F)F)ccc(Cl)c3F)n2)cn1. The first-order valence-corrected chi connectivity index (χ1v) is 12.1. The summed E-state index contributed by atoms with van der Waals surface area (Å²) in [6, 6.07) is 1.73. The van der Waals surface area contributed by atoms with Gasteiger partial charge >= 0.3 is 0 Å². The van der Waals surface area contributed by atoms with Crippen molar-refractivity contribution >= 4 is 29.1 Å². The number of nitrogens with one attached hydrogen (secondary N) is 1. The third-order valence-electron chi connectivity index (χ3n) is 6.21. The van der Waals surface area contributed by atoms with E-state index >= 15 is 0 Å².